The molecule has 0 rings (SSSR count). The Morgan fingerprint density at radius 2 is 1.75 bits per heavy atom. The summed E-state index contributed by atoms with van der Waals surface area (Å²) < 4.78 is 0. The zero-order valence-corrected chi connectivity index (χ0v) is 15.0. The van der Waals surface area contributed by atoms with Crippen LogP contribution in [-0.2, 0) is 4.79 Å². The molecule has 0 aromatic carbocycles. The molecular formula is C14H33Cl2N3O. The van der Waals surface area contributed by atoms with Crippen molar-refractivity contribution in [2.24, 2.45) is 11.7 Å². The molecule has 0 radical (unpaired) electrons. The summed E-state index contributed by atoms with van der Waals surface area (Å²) >= 11 is 0. The first-order valence-corrected chi connectivity index (χ1v) is 7.25. The number of halogens is 2. The number of carbonyl (C=O) groups excluding carboxylic acids is 1. The summed E-state index contributed by atoms with van der Waals surface area (Å²) in [6.07, 6.45) is 2.44. The topological polar surface area (TPSA) is 58.4 Å². The number of nitrogens with one attached hydrogen (secondary N) is 1. The Hall–Kier alpha value is -0.0300. The van der Waals surface area contributed by atoms with Crippen LogP contribution in [0.2, 0.25) is 0 Å². The number of nitrogens with two attached hydrogens (primary N) is 1. The van der Waals surface area contributed by atoms with E-state index in [2.05, 4.69) is 37.9 Å². The van der Waals surface area contributed by atoms with Crippen LogP contribution in [0.1, 0.15) is 47.0 Å². The summed E-state index contributed by atoms with van der Waals surface area (Å²) in [7, 11) is 0. The lowest BCUT2D eigenvalue weighted by atomic mass is 10.0. The molecule has 0 aliphatic carbocycles. The highest BCUT2D eigenvalue weighted by Gasteiger charge is 2.17. The average Bonchev–Trinajstić information content (AvgIpc) is 2.34. The van der Waals surface area contributed by atoms with Crippen molar-refractivity contribution in [2.45, 2.75) is 53.0 Å². The highest BCUT2D eigenvalue weighted by Crippen LogP contribution is 2.10. The van der Waals surface area contributed by atoms with Gasteiger partial charge in [-0.25, -0.2) is 0 Å². The van der Waals surface area contributed by atoms with E-state index in [0.29, 0.717) is 24.9 Å². The van der Waals surface area contributed by atoms with Gasteiger partial charge in [-0.05, 0) is 38.4 Å². The van der Waals surface area contributed by atoms with E-state index in [4.69, 9.17) is 5.73 Å². The number of amides is 1. The van der Waals surface area contributed by atoms with Crippen molar-refractivity contribution in [1.82, 2.24) is 10.2 Å². The van der Waals surface area contributed by atoms with Gasteiger partial charge in [0.15, 0.2) is 0 Å². The molecule has 20 heavy (non-hydrogen) atoms. The Balaban J connectivity index is -0.00000144. The number of rotatable bonds is 10. The molecule has 0 fully saturated rings. The zero-order valence-electron chi connectivity index (χ0n) is 13.4. The fraction of sp³-hybridized carbons (Fsp3) is 0.929. The first-order valence-electron chi connectivity index (χ1n) is 7.25. The van der Waals surface area contributed by atoms with Crippen LogP contribution < -0.4 is 11.1 Å². The Kier molecular flexibility index (Phi) is 19.2. The second-order valence-corrected chi connectivity index (χ2v) is 5.20. The highest BCUT2D eigenvalue weighted by molar-refractivity contribution is 5.85. The molecule has 3 N–H and O–H groups in total. The van der Waals surface area contributed by atoms with Gasteiger partial charge in [-0.2, -0.15) is 0 Å². The van der Waals surface area contributed by atoms with Gasteiger partial charge in [-0.15, -0.1) is 24.8 Å². The fourth-order valence-electron chi connectivity index (χ4n) is 2.23. The quantitative estimate of drug-likeness (QED) is 0.647. The molecular weight excluding hydrogens is 297 g/mol. The minimum Gasteiger partial charge on any atom is -0.355 e. The first kappa shape index (κ1) is 25.0. The molecule has 1 amide bonds. The summed E-state index contributed by atoms with van der Waals surface area (Å²) in [5.41, 5.74) is 5.40. The molecule has 6 heteroatoms. The standard InChI is InChI=1S/C14H31N3O.2ClH/c1-5-17(6-2)13(10-12(3)4)11-16-14(18)8-7-9-15;;/h12-13H,5-11,15H2,1-4H3,(H,16,18);2*1H. The molecule has 0 saturated carbocycles. The average molecular weight is 330 g/mol. The monoisotopic (exact) mass is 329 g/mol. The largest absolute Gasteiger partial charge is 0.355 e. The van der Waals surface area contributed by atoms with Gasteiger partial charge in [0.25, 0.3) is 0 Å². The molecule has 0 aromatic rings. The number of likely N-dealkylation sites (N-methyl/N-ethyl adjacent to an activating group) is 1. The van der Waals surface area contributed by atoms with Crippen molar-refractivity contribution in [1.29, 1.82) is 0 Å². The van der Waals surface area contributed by atoms with Crippen molar-refractivity contribution in [3.63, 3.8) is 0 Å². The van der Waals surface area contributed by atoms with E-state index >= 15 is 0 Å². The predicted molar refractivity (Wildman–Crippen MR) is 92.0 cm³/mol. The summed E-state index contributed by atoms with van der Waals surface area (Å²) in [5.74, 6) is 0.776. The number of hydrogen-bond acceptors (Lipinski definition) is 3. The molecule has 0 saturated heterocycles. The molecule has 1 atom stereocenters. The van der Waals surface area contributed by atoms with Gasteiger partial charge in [0.1, 0.15) is 0 Å². The van der Waals surface area contributed by atoms with Gasteiger partial charge in [0.2, 0.25) is 5.91 Å². The van der Waals surface area contributed by atoms with Crippen LogP contribution in [0.5, 0.6) is 0 Å². The minimum absolute atomic E-state index is 0. The first-order chi connectivity index (χ1) is 8.54. The third-order valence-electron chi connectivity index (χ3n) is 3.22. The van der Waals surface area contributed by atoms with Crippen LogP contribution in [0.4, 0.5) is 0 Å². The summed E-state index contributed by atoms with van der Waals surface area (Å²) in [5, 5.41) is 3.04. The van der Waals surface area contributed by atoms with Crippen LogP contribution in [0.15, 0.2) is 0 Å². The van der Waals surface area contributed by atoms with Crippen LogP contribution >= 0.6 is 24.8 Å². The van der Waals surface area contributed by atoms with Crippen LogP contribution in [0.3, 0.4) is 0 Å². The summed E-state index contributed by atoms with van der Waals surface area (Å²) in [6.45, 7) is 12.2. The molecule has 0 heterocycles. The van der Waals surface area contributed by atoms with Gasteiger partial charge in [0.05, 0.1) is 0 Å². The zero-order chi connectivity index (χ0) is 14.0. The van der Waals surface area contributed by atoms with E-state index in [0.717, 1.165) is 32.5 Å². The maximum absolute atomic E-state index is 11.6. The van der Waals surface area contributed by atoms with E-state index in [9.17, 15) is 4.79 Å². The maximum atomic E-state index is 11.6. The van der Waals surface area contributed by atoms with Crippen molar-refractivity contribution in [2.75, 3.05) is 26.2 Å². The van der Waals surface area contributed by atoms with Crippen molar-refractivity contribution in [3.05, 3.63) is 0 Å². The lowest BCUT2D eigenvalue weighted by molar-refractivity contribution is -0.121. The van der Waals surface area contributed by atoms with E-state index in [-0.39, 0.29) is 30.7 Å². The van der Waals surface area contributed by atoms with Gasteiger partial charge in [-0.3, -0.25) is 9.69 Å². The van der Waals surface area contributed by atoms with Crippen molar-refractivity contribution >= 4 is 30.7 Å². The SMILES string of the molecule is CCN(CC)C(CNC(=O)CCCN)CC(C)C.Cl.Cl. The minimum atomic E-state index is 0. The van der Waals surface area contributed by atoms with Gasteiger partial charge < -0.3 is 11.1 Å². The smallest absolute Gasteiger partial charge is 0.220 e. The molecule has 0 aliphatic heterocycles. The van der Waals surface area contributed by atoms with Gasteiger partial charge in [-0.1, -0.05) is 27.7 Å². The Labute approximate surface area is 137 Å². The molecule has 4 nitrogen and oxygen atoms in total. The number of hydrogen-bond donors (Lipinski definition) is 2. The predicted octanol–water partition coefficient (Wildman–Crippen LogP) is 2.44. The third kappa shape index (κ3) is 11.8. The van der Waals surface area contributed by atoms with E-state index in [1.807, 2.05) is 0 Å². The number of nitrogens with zero attached hydrogens (tertiary/aromatic N) is 1. The molecule has 0 spiro atoms. The van der Waals surface area contributed by atoms with Crippen LogP contribution in [-0.4, -0.2) is 43.0 Å². The second-order valence-electron chi connectivity index (χ2n) is 5.20. The molecule has 1 unspecified atom stereocenters. The number of carbonyl (C=O) groups is 1. The van der Waals surface area contributed by atoms with Crippen molar-refractivity contribution < 1.29 is 4.79 Å². The summed E-state index contributed by atoms with van der Waals surface area (Å²) in [4.78, 5) is 14.0. The van der Waals surface area contributed by atoms with E-state index in [1.165, 1.54) is 0 Å². The molecule has 0 aliphatic rings. The molecule has 0 aromatic heterocycles. The Bertz CT molecular complexity index is 224. The normalized spacial score (nSPS) is 11.8. The molecule has 124 valence electrons. The second kappa shape index (κ2) is 15.4. The fourth-order valence-corrected chi connectivity index (χ4v) is 2.23. The van der Waals surface area contributed by atoms with E-state index in [1.54, 1.807) is 0 Å². The van der Waals surface area contributed by atoms with Crippen LogP contribution in [0, 0.1) is 5.92 Å². The third-order valence-corrected chi connectivity index (χ3v) is 3.22. The lowest BCUT2D eigenvalue weighted by Gasteiger charge is -2.31. The van der Waals surface area contributed by atoms with Crippen molar-refractivity contribution in [3.8, 4) is 0 Å². The van der Waals surface area contributed by atoms with Gasteiger partial charge >= 0.3 is 0 Å². The lowest BCUT2D eigenvalue weighted by Crippen LogP contribution is -2.44. The molecule has 0 bridgehead atoms. The maximum Gasteiger partial charge on any atom is 0.220 e. The Morgan fingerprint density at radius 1 is 1.20 bits per heavy atom. The van der Waals surface area contributed by atoms with Gasteiger partial charge in [0, 0.05) is 19.0 Å². The van der Waals surface area contributed by atoms with Crippen LogP contribution in [0.25, 0.3) is 0 Å². The highest BCUT2D eigenvalue weighted by atomic mass is 35.5. The Morgan fingerprint density at radius 3 is 2.15 bits per heavy atom. The summed E-state index contributed by atoms with van der Waals surface area (Å²) in [6, 6.07) is 0.446. The van der Waals surface area contributed by atoms with E-state index < -0.39 is 0 Å².